The average molecular weight is 356 g/mol. The van der Waals surface area contributed by atoms with Crippen molar-refractivity contribution in [3.05, 3.63) is 47.4 Å². The van der Waals surface area contributed by atoms with E-state index in [0.717, 1.165) is 17.8 Å². The molecule has 0 saturated carbocycles. The third-order valence-electron chi connectivity index (χ3n) is 3.89. The van der Waals surface area contributed by atoms with E-state index in [1.54, 1.807) is 6.08 Å². The highest BCUT2D eigenvalue weighted by Crippen LogP contribution is 2.31. The maximum Gasteiger partial charge on any atom is 0.281 e. The molecule has 0 unspecified atom stereocenters. The first-order valence-corrected chi connectivity index (χ1v) is 8.59. The predicted molar refractivity (Wildman–Crippen MR) is 101 cm³/mol. The van der Waals surface area contributed by atoms with Crippen LogP contribution in [-0.4, -0.2) is 27.4 Å². The van der Waals surface area contributed by atoms with Crippen molar-refractivity contribution in [3.63, 3.8) is 0 Å². The smallest absolute Gasteiger partial charge is 0.281 e. The van der Waals surface area contributed by atoms with E-state index in [2.05, 4.69) is 10.4 Å². The van der Waals surface area contributed by atoms with Gasteiger partial charge >= 0.3 is 0 Å². The van der Waals surface area contributed by atoms with Crippen molar-refractivity contribution in [2.24, 2.45) is 0 Å². The van der Waals surface area contributed by atoms with Gasteiger partial charge in [-0.15, -0.1) is 0 Å². The minimum Gasteiger partial charge on any atom is -0.492 e. The standard InChI is InChI=1S/C18H20N4O2S/c1-4-21-11-13(12(3)20-21)10-14-17(23)22(18(25)19-14)15-8-6-7-9-16(15)24-5-2/h6-11H,4-5H2,1-3H3,(H,19,25)/b14-10+. The second kappa shape index (κ2) is 7.06. The number of anilines is 1. The Morgan fingerprint density at radius 1 is 1.32 bits per heavy atom. The molecule has 0 bridgehead atoms. The summed E-state index contributed by atoms with van der Waals surface area (Å²) in [5, 5.41) is 7.74. The number of carbonyl (C=O) groups excluding carboxylic acids is 1. The fourth-order valence-corrected chi connectivity index (χ4v) is 2.96. The number of carbonyl (C=O) groups is 1. The van der Waals surface area contributed by atoms with Crippen LogP contribution in [-0.2, 0) is 11.3 Å². The summed E-state index contributed by atoms with van der Waals surface area (Å²) in [6.07, 6.45) is 3.70. The molecule has 25 heavy (non-hydrogen) atoms. The van der Waals surface area contributed by atoms with Crippen LogP contribution in [0.2, 0.25) is 0 Å². The number of nitrogens with one attached hydrogen (secondary N) is 1. The van der Waals surface area contributed by atoms with E-state index in [0.29, 0.717) is 28.9 Å². The number of hydrogen-bond acceptors (Lipinski definition) is 4. The molecule has 0 spiro atoms. The fraction of sp³-hybridized carbons (Fsp3) is 0.278. The number of amides is 1. The molecular formula is C18H20N4O2S. The molecule has 3 rings (SSSR count). The minimum atomic E-state index is -0.208. The average Bonchev–Trinajstić information content (AvgIpc) is 3.09. The number of nitrogens with zero attached hydrogens (tertiary/aromatic N) is 3. The first kappa shape index (κ1) is 17.2. The third-order valence-corrected chi connectivity index (χ3v) is 4.18. The van der Waals surface area contributed by atoms with Crippen LogP contribution in [0.1, 0.15) is 25.1 Å². The van der Waals surface area contributed by atoms with Gasteiger partial charge in [-0.05, 0) is 51.2 Å². The first-order valence-electron chi connectivity index (χ1n) is 8.18. The zero-order chi connectivity index (χ0) is 18.0. The monoisotopic (exact) mass is 356 g/mol. The Hall–Kier alpha value is -2.67. The van der Waals surface area contributed by atoms with Gasteiger partial charge < -0.3 is 10.1 Å². The molecule has 0 radical (unpaired) electrons. The van der Waals surface area contributed by atoms with Gasteiger partial charge in [0.1, 0.15) is 11.4 Å². The van der Waals surface area contributed by atoms with E-state index in [4.69, 9.17) is 17.0 Å². The summed E-state index contributed by atoms with van der Waals surface area (Å²) in [5.41, 5.74) is 2.81. The lowest BCUT2D eigenvalue weighted by Crippen LogP contribution is -2.30. The summed E-state index contributed by atoms with van der Waals surface area (Å²) in [6, 6.07) is 7.36. The molecule has 0 aliphatic carbocycles. The van der Waals surface area contributed by atoms with Gasteiger partial charge in [-0.25, -0.2) is 4.90 Å². The Kier molecular flexibility index (Phi) is 4.85. The van der Waals surface area contributed by atoms with Gasteiger partial charge in [0.25, 0.3) is 5.91 Å². The summed E-state index contributed by atoms with van der Waals surface area (Å²) in [6.45, 7) is 7.12. The number of ether oxygens (including phenoxy) is 1. The highest BCUT2D eigenvalue weighted by Gasteiger charge is 2.33. The molecule has 1 aromatic carbocycles. The number of aromatic nitrogens is 2. The van der Waals surface area contributed by atoms with Crippen LogP contribution >= 0.6 is 12.2 Å². The minimum absolute atomic E-state index is 0.208. The second-order valence-electron chi connectivity index (χ2n) is 5.56. The number of para-hydroxylation sites is 2. The van der Waals surface area contributed by atoms with Crippen molar-refractivity contribution in [2.75, 3.05) is 11.5 Å². The molecule has 130 valence electrons. The van der Waals surface area contributed by atoms with Crippen molar-refractivity contribution in [1.29, 1.82) is 0 Å². The summed E-state index contributed by atoms with van der Waals surface area (Å²) < 4.78 is 7.46. The van der Waals surface area contributed by atoms with Crippen molar-refractivity contribution >= 4 is 35.0 Å². The van der Waals surface area contributed by atoms with E-state index in [9.17, 15) is 4.79 Å². The van der Waals surface area contributed by atoms with E-state index in [1.165, 1.54) is 4.90 Å². The molecular weight excluding hydrogens is 336 g/mol. The zero-order valence-electron chi connectivity index (χ0n) is 14.4. The van der Waals surface area contributed by atoms with E-state index < -0.39 is 0 Å². The number of rotatable bonds is 5. The number of hydrogen-bond donors (Lipinski definition) is 1. The lowest BCUT2D eigenvalue weighted by molar-refractivity contribution is -0.113. The molecule has 6 nitrogen and oxygen atoms in total. The van der Waals surface area contributed by atoms with Gasteiger partial charge in [0.15, 0.2) is 5.11 Å². The Labute approximate surface area is 152 Å². The highest BCUT2D eigenvalue weighted by atomic mass is 32.1. The lowest BCUT2D eigenvalue weighted by Gasteiger charge is -2.17. The Bertz CT molecular complexity index is 857. The van der Waals surface area contributed by atoms with Gasteiger partial charge in [0.2, 0.25) is 0 Å². The summed E-state index contributed by atoms with van der Waals surface area (Å²) in [5.74, 6) is 0.416. The van der Waals surface area contributed by atoms with E-state index in [1.807, 2.05) is 55.9 Å². The van der Waals surface area contributed by atoms with Crippen LogP contribution in [0.15, 0.2) is 36.2 Å². The van der Waals surface area contributed by atoms with Crippen LogP contribution in [0.3, 0.4) is 0 Å². The van der Waals surface area contributed by atoms with Crippen LogP contribution in [0.5, 0.6) is 5.75 Å². The third kappa shape index (κ3) is 3.28. The van der Waals surface area contributed by atoms with Crippen molar-refractivity contribution in [1.82, 2.24) is 15.1 Å². The normalized spacial score (nSPS) is 15.8. The van der Waals surface area contributed by atoms with Crippen LogP contribution in [0.25, 0.3) is 6.08 Å². The molecule has 1 aliphatic rings. The van der Waals surface area contributed by atoms with Gasteiger partial charge in [-0.2, -0.15) is 5.10 Å². The molecule has 2 heterocycles. The Morgan fingerprint density at radius 2 is 2.08 bits per heavy atom. The van der Waals surface area contributed by atoms with Gasteiger partial charge in [0, 0.05) is 18.3 Å². The van der Waals surface area contributed by atoms with Crippen molar-refractivity contribution in [3.8, 4) is 5.75 Å². The second-order valence-corrected chi connectivity index (χ2v) is 5.94. The fourth-order valence-electron chi connectivity index (χ4n) is 2.67. The lowest BCUT2D eigenvalue weighted by atomic mass is 10.2. The molecule has 1 fully saturated rings. The van der Waals surface area contributed by atoms with Crippen LogP contribution in [0, 0.1) is 6.92 Å². The molecule has 2 aromatic rings. The van der Waals surface area contributed by atoms with Crippen molar-refractivity contribution < 1.29 is 9.53 Å². The van der Waals surface area contributed by atoms with Gasteiger partial charge in [0.05, 0.1) is 18.0 Å². The summed E-state index contributed by atoms with van der Waals surface area (Å²) >= 11 is 5.37. The SMILES string of the molecule is CCOc1ccccc1N1C(=O)/C(=C\c2cn(CC)nc2C)NC1=S. The van der Waals surface area contributed by atoms with E-state index in [-0.39, 0.29) is 5.91 Å². The number of thiocarbonyl (C=S) groups is 1. The summed E-state index contributed by atoms with van der Waals surface area (Å²) in [7, 11) is 0. The van der Waals surface area contributed by atoms with Crippen LogP contribution in [0.4, 0.5) is 5.69 Å². The van der Waals surface area contributed by atoms with Crippen molar-refractivity contribution in [2.45, 2.75) is 27.3 Å². The Balaban J connectivity index is 1.95. The van der Waals surface area contributed by atoms with E-state index >= 15 is 0 Å². The topological polar surface area (TPSA) is 59.4 Å². The molecule has 0 atom stereocenters. The first-order chi connectivity index (χ1) is 12.0. The maximum absolute atomic E-state index is 12.9. The Morgan fingerprint density at radius 3 is 2.76 bits per heavy atom. The summed E-state index contributed by atoms with van der Waals surface area (Å²) in [4.78, 5) is 14.4. The molecule has 1 N–H and O–H groups in total. The number of benzene rings is 1. The maximum atomic E-state index is 12.9. The van der Waals surface area contributed by atoms with Gasteiger partial charge in [-0.3, -0.25) is 9.48 Å². The molecule has 1 amide bonds. The molecule has 1 aliphatic heterocycles. The zero-order valence-corrected chi connectivity index (χ0v) is 15.3. The predicted octanol–water partition coefficient (Wildman–Crippen LogP) is 2.87. The molecule has 1 saturated heterocycles. The quantitative estimate of drug-likeness (QED) is 0.659. The number of aryl methyl sites for hydroxylation is 2. The largest absolute Gasteiger partial charge is 0.492 e. The van der Waals surface area contributed by atoms with Crippen LogP contribution < -0.4 is 15.0 Å². The van der Waals surface area contributed by atoms with Gasteiger partial charge in [-0.1, -0.05) is 12.1 Å². The molecule has 7 heteroatoms. The molecule has 1 aromatic heterocycles. The highest BCUT2D eigenvalue weighted by molar-refractivity contribution is 7.80.